The highest BCUT2D eigenvalue weighted by Gasteiger charge is 2.45. The van der Waals surface area contributed by atoms with Crippen LogP contribution in [0, 0.1) is 11.8 Å². The van der Waals surface area contributed by atoms with Crippen molar-refractivity contribution < 1.29 is 19.1 Å². The molecule has 2 heterocycles. The summed E-state index contributed by atoms with van der Waals surface area (Å²) >= 11 is 12.4. The maximum absolute atomic E-state index is 11.2. The van der Waals surface area contributed by atoms with Gasteiger partial charge in [0.25, 0.3) is 0 Å². The van der Waals surface area contributed by atoms with Crippen molar-refractivity contribution in [3.63, 3.8) is 0 Å². The molecule has 11 heteroatoms. The second kappa shape index (κ2) is 7.24. The first kappa shape index (κ1) is 18.7. The maximum atomic E-state index is 11.2. The molecule has 0 spiro atoms. The van der Waals surface area contributed by atoms with Crippen LogP contribution in [0.15, 0.2) is 0 Å². The average Bonchev–Trinajstić information content (AvgIpc) is 2.83. The molecule has 0 amide bonds. The van der Waals surface area contributed by atoms with E-state index >= 15 is 0 Å². The molecule has 0 aliphatic heterocycles. The third kappa shape index (κ3) is 3.54. The van der Waals surface area contributed by atoms with Gasteiger partial charge in [-0.15, -0.1) is 0 Å². The topological polar surface area (TPSA) is 122 Å². The van der Waals surface area contributed by atoms with Crippen LogP contribution < -0.4 is 5.73 Å². The van der Waals surface area contributed by atoms with E-state index in [9.17, 15) is 9.59 Å². The number of carbonyl (C=O) groups excluding carboxylic acids is 2. The van der Waals surface area contributed by atoms with Crippen LogP contribution in [0.25, 0.3) is 11.2 Å². The van der Waals surface area contributed by atoms with Gasteiger partial charge in [0.1, 0.15) is 5.52 Å². The minimum atomic E-state index is -0.391. The number of halogens is 2. The van der Waals surface area contributed by atoms with Gasteiger partial charge in [-0.05, 0) is 18.0 Å². The zero-order valence-corrected chi connectivity index (χ0v) is 15.6. The highest BCUT2D eigenvalue weighted by Crippen LogP contribution is 2.47. The van der Waals surface area contributed by atoms with Gasteiger partial charge in [0.05, 0.1) is 13.2 Å². The molecule has 0 radical (unpaired) electrons. The fraction of sp³-hybridized carbons (Fsp3) is 0.533. The Labute approximate surface area is 158 Å². The van der Waals surface area contributed by atoms with Crippen molar-refractivity contribution in [2.45, 2.75) is 26.3 Å². The molecule has 3 atom stereocenters. The second-order valence-electron chi connectivity index (χ2n) is 6.13. The minimum absolute atomic E-state index is 0.00707. The molecule has 1 aliphatic rings. The summed E-state index contributed by atoms with van der Waals surface area (Å²) in [6.45, 7) is 3.08. The molecular weight excluding hydrogens is 385 g/mol. The van der Waals surface area contributed by atoms with Crippen LogP contribution in [0.4, 0.5) is 5.95 Å². The van der Waals surface area contributed by atoms with Crippen LogP contribution in [0.1, 0.15) is 26.3 Å². The van der Waals surface area contributed by atoms with Crippen molar-refractivity contribution >= 4 is 52.3 Å². The van der Waals surface area contributed by atoms with Crippen LogP contribution in [0.2, 0.25) is 10.4 Å². The molecule has 26 heavy (non-hydrogen) atoms. The van der Waals surface area contributed by atoms with Gasteiger partial charge in [-0.2, -0.15) is 9.97 Å². The lowest BCUT2D eigenvalue weighted by Gasteiger charge is -2.44. The fourth-order valence-electron chi connectivity index (χ4n) is 3.18. The Balaban J connectivity index is 1.91. The van der Waals surface area contributed by atoms with E-state index < -0.39 is 5.97 Å². The SMILES string of the molecule is CC(=O)OCC1CC(n2c(Cl)nc3c(Cl)nc(N)nc32)C1COC(C)=O. The standard InChI is InChI=1S/C15H17Cl2N5O4/c1-6(23)25-4-8-3-10(9(8)5-26-7(2)24)22-13-11(19-14(22)17)12(16)20-15(18)21-13/h8-10H,3-5H2,1-2H3,(H2,18,20,21). The summed E-state index contributed by atoms with van der Waals surface area (Å²) in [6, 6.07) is -0.155. The molecule has 0 bridgehead atoms. The van der Waals surface area contributed by atoms with Gasteiger partial charge in [0.2, 0.25) is 11.2 Å². The van der Waals surface area contributed by atoms with Crippen LogP contribution in [-0.2, 0) is 19.1 Å². The Morgan fingerprint density at radius 1 is 1.15 bits per heavy atom. The van der Waals surface area contributed by atoms with Gasteiger partial charge in [-0.1, -0.05) is 11.6 Å². The Morgan fingerprint density at radius 2 is 1.81 bits per heavy atom. The van der Waals surface area contributed by atoms with Gasteiger partial charge < -0.3 is 15.2 Å². The lowest BCUT2D eigenvalue weighted by molar-refractivity contribution is -0.152. The summed E-state index contributed by atoms with van der Waals surface area (Å²) in [5.41, 5.74) is 6.45. The summed E-state index contributed by atoms with van der Waals surface area (Å²) in [4.78, 5) is 34.6. The van der Waals surface area contributed by atoms with E-state index in [-0.39, 0.29) is 53.4 Å². The lowest BCUT2D eigenvalue weighted by Crippen LogP contribution is -2.44. The largest absolute Gasteiger partial charge is 0.466 e. The average molecular weight is 402 g/mol. The monoisotopic (exact) mass is 401 g/mol. The zero-order chi connectivity index (χ0) is 19.0. The number of nitrogen functional groups attached to an aromatic ring is 1. The Kier molecular flexibility index (Phi) is 5.19. The summed E-state index contributed by atoms with van der Waals surface area (Å²) < 4.78 is 12.0. The third-order valence-corrected chi connectivity index (χ3v) is 4.96. The highest BCUT2D eigenvalue weighted by atomic mass is 35.5. The van der Waals surface area contributed by atoms with Crippen LogP contribution in [-0.4, -0.2) is 44.7 Å². The van der Waals surface area contributed by atoms with E-state index in [4.69, 9.17) is 38.4 Å². The molecule has 0 aromatic carbocycles. The summed E-state index contributed by atoms with van der Waals surface area (Å²) in [7, 11) is 0. The molecule has 2 aromatic rings. The van der Waals surface area contributed by atoms with Crippen molar-refractivity contribution in [3.05, 3.63) is 10.4 Å². The summed E-state index contributed by atoms with van der Waals surface area (Å²) in [5.74, 6) is -0.849. The van der Waals surface area contributed by atoms with Crippen LogP contribution in [0.3, 0.4) is 0 Å². The summed E-state index contributed by atoms with van der Waals surface area (Å²) in [5, 5.41) is 0.297. The number of fused-ring (bicyclic) bond motifs is 1. The molecule has 1 fully saturated rings. The lowest BCUT2D eigenvalue weighted by atomic mass is 9.69. The predicted octanol–water partition coefficient (Wildman–Crippen LogP) is 2.02. The molecule has 2 N–H and O–H groups in total. The van der Waals surface area contributed by atoms with Gasteiger partial charge in [0, 0.05) is 31.7 Å². The zero-order valence-electron chi connectivity index (χ0n) is 14.1. The normalized spacial score (nSPS) is 22.1. The smallest absolute Gasteiger partial charge is 0.302 e. The number of rotatable bonds is 5. The number of ether oxygens (including phenoxy) is 2. The number of hydrogen-bond donors (Lipinski definition) is 1. The number of aromatic nitrogens is 4. The van der Waals surface area contributed by atoms with E-state index in [0.29, 0.717) is 17.6 Å². The molecule has 2 aromatic heterocycles. The fourth-order valence-corrected chi connectivity index (χ4v) is 3.68. The van der Waals surface area contributed by atoms with Crippen molar-refractivity contribution in [1.29, 1.82) is 0 Å². The van der Waals surface area contributed by atoms with Crippen molar-refractivity contribution in [3.8, 4) is 0 Å². The highest BCUT2D eigenvalue weighted by molar-refractivity contribution is 6.34. The predicted molar refractivity (Wildman–Crippen MR) is 93.7 cm³/mol. The molecule has 3 unspecified atom stereocenters. The molecule has 1 aliphatic carbocycles. The van der Waals surface area contributed by atoms with Crippen LogP contribution in [0.5, 0.6) is 0 Å². The molecule has 1 saturated carbocycles. The second-order valence-corrected chi connectivity index (χ2v) is 6.82. The molecule has 140 valence electrons. The first-order valence-electron chi connectivity index (χ1n) is 7.91. The first-order valence-corrected chi connectivity index (χ1v) is 8.66. The van der Waals surface area contributed by atoms with Crippen molar-refractivity contribution in [2.75, 3.05) is 18.9 Å². The van der Waals surface area contributed by atoms with Gasteiger partial charge in [-0.3, -0.25) is 14.2 Å². The van der Waals surface area contributed by atoms with E-state index in [1.54, 1.807) is 4.57 Å². The number of carbonyl (C=O) groups is 2. The first-order chi connectivity index (χ1) is 12.3. The minimum Gasteiger partial charge on any atom is -0.466 e. The summed E-state index contributed by atoms with van der Waals surface area (Å²) in [6.07, 6.45) is 0.645. The van der Waals surface area contributed by atoms with Gasteiger partial charge in [-0.25, -0.2) is 4.98 Å². The van der Waals surface area contributed by atoms with E-state index in [1.165, 1.54) is 13.8 Å². The molecular formula is C15H17Cl2N5O4. The number of nitrogens with two attached hydrogens (primary N) is 1. The number of imidazole rings is 1. The quantitative estimate of drug-likeness (QED) is 0.458. The van der Waals surface area contributed by atoms with E-state index in [0.717, 1.165) is 0 Å². The number of nitrogens with zero attached hydrogens (tertiary/aromatic N) is 4. The molecule has 3 rings (SSSR count). The molecule has 9 nitrogen and oxygen atoms in total. The van der Waals surface area contributed by atoms with E-state index in [2.05, 4.69) is 15.0 Å². The van der Waals surface area contributed by atoms with E-state index in [1.807, 2.05) is 0 Å². The number of anilines is 1. The molecule has 0 saturated heterocycles. The third-order valence-electron chi connectivity index (χ3n) is 4.43. The Morgan fingerprint density at radius 3 is 2.46 bits per heavy atom. The van der Waals surface area contributed by atoms with Gasteiger partial charge in [0.15, 0.2) is 10.8 Å². The maximum Gasteiger partial charge on any atom is 0.302 e. The van der Waals surface area contributed by atoms with Crippen LogP contribution >= 0.6 is 23.2 Å². The van der Waals surface area contributed by atoms with Crippen molar-refractivity contribution in [1.82, 2.24) is 19.5 Å². The number of hydrogen-bond acceptors (Lipinski definition) is 8. The Hall–Kier alpha value is -2.13. The number of esters is 2. The van der Waals surface area contributed by atoms with Gasteiger partial charge >= 0.3 is 11.9 Å². The van der Waals surface area contributed by atoms with Crippen molar-refractivity contribution in [2.24, 2.45) is 11.8 Å². The Bertz CT molecular complexity index is 871.